The van der Waals surface area contributed by atoms with Gasteiger partial charge in [0, 0.05) is 17.6 Å². The highest BCUT2D eigenvalue weighted by molar-refractivity contribution is 5.42. The number of rotatable bonds is 4. The van der Waals surface area contributed by atoms with Crippen LogP contribution in [0.2, 0.25) is 0 Å². The summed E-state index contributed by atoms with van der Waals surface area (Å²) in [5, 5.41) is 10.9. The van der Waals surface area contributed by atoms with Gasteiger partial charge in [0.05, 0.1) is 20.3 Å². The molecule has 3 rings (SSSR count). The van der Waals surface area contributed by atoms with Gasteiger partial charge < -0.3 is 19.5 Å². The average Bonchev–Trinajstić information content (AvgIpc) is 2.75. The quantitative estimate of drug-likeness (QED) is 0.926. The molecule has 1 aromatic carbocycles. The smallest absolute Gasteiger partial charge is 0.124 e. The lowest BCUT2D eigenvalue weighted by Gasteiger charge is -2.38. The SMILES string of the molecule is COc1ccc(OC)c(C(O)C2CC3CCC(C2)N3C)c1. The lowest BCUT2D eigenvalue weighted by atomic mass is 9.83. The van der Waals surface area contributed by atoms with E-state index in [4.69, 9.17) is 9.47 Å². The molecule has 0 amide bonds. The second-order valence-electron chi connectivity index (χ2n) is 6.33. The van der Waals surface area contributed by atoms with Gasteiger partial charge in [0.2, 0.25) is 0 Å². The van der Waals surface area contributed by atoms with Gasteiger partial charge in [0.25, 0.3) is 0 Å². The number of piperidine rings is 1. The van der Waals surface area contributed by atoms with E-state index in [1.165, 1.54) is 12.8 Å². The molecular weight excluding hydrogens is 266 g/mol. The third kappa shape index (κ3) is 2.62. The van der Waals surface area contributed by atoms with Crippen molar-refractivity contribution in [1.82, 2.24) is 4.90 Å². The minimum Gasteiger partial charge on any atom is -0.497 e. The van der Waals surface area contributed by atoms with Crippen molar-refractivity contribution in [3.8, 4) is 11.5 Å². The summed E-state index contributed by atoms with van der Waals surface area (Å²) in [4.78, 5) is 2.49. The number of benzene rings is 1. The van der Waals surface area contributed by atoms with Gasteiger partial charge in [0.15, 0.2) is 0 Å². The normalized spacial score (nSPS) is 30.2. The van der Waals surface area contributed by atoms with Crippen LogP contribution in [0.3, 0.4) is 0 Å². The predicted molar refractivity (Wildman–Crippen MR) is 81.8 cm³/mol. The highest BCUT2D eigenvalue weighted by Crippen LogP contribution is 2.44. The van der Waals surface area contributed by atoms with Gasteiger partial charge in [-0.15, -0.1) is 0 Å². The number of aliphatic hydroxyl groups is 1. The molecule has 3 atom stereocenters. The molecule has 2 saturated heterocycles. The van der Waals surface area contributed by atoms with Gasteiger partial charge in [0.1, 0.15) is 11.5 Å². The van der Waals surface area contributed by atoms with Crippen LogP contribution in [0.25, 0.3) is 0 Å². The monoisotopic (exact) mass is 291 g/mol. The van der Waals surface area contributed by atoms with Gasteiger partial charge in [-0.05, 0) is 56.8 Å². The topological polar surface area (TPSA) is 41.9 Å². The maximum atomic E-state index is 10.9. The van der Waals surface area contributed by atoms with E-state index in [1.807, 2.05) is 18.2 Å². The summed E-state index contributed by atoms with van der Waals surface area (Å²) in [6.07, 6.45) is 4.18. The molecular formula is C17H25NO3. The molecule has 3 unspecified atom stereocenters. The van der Waals surface area contributed by atoms with Gasteiger partial charge >= 0.3 is 0 Å². The summed E-state index contributed by atoms with van der Waals surface area (Å²) in [5.41, 5.74) is 0.853. The molecule has 21 heavy (non-hydrogen) atoms. The van der Waals surface area contributed by atoms with E-state index >= 15 is 0 Å². The molecule has 2 aliphatic rings. The first-order valence-electron chi connectivity index (χ1n) is 7.76. The van der Waals surface area contributed by atoms with Crippen LogP contribution in [0.4, 0.5) is 0 Å². The molecule has 0 radical (unpaired) electrons. The third-order valence-corrected chi connectivity index (χ3v) is 5.34. The maximum Gasteiger partial charge on any atom is 0.124 e. The summed E-state index contributed by atoms with van der Waals surface area (Å²) < 4.78 is 10.7. The Bertz CT molecular complexity index is 491. The van der Waals surface area contributed by atoms with Crippen LogP contribution in [-0.2, 0) is 0 Å². The second kappa shape index (κ2) is 5.85. The van der Waals surface area contributed by atoms with Gasteiger partial charge in [-0.25, -0.2) is 0 Å². The van der Waals surface area contributed by atoms with Crippen molar-refractivity contribution in [1.29, 1.82) is 0 Å². The fourth-order valence-electron chi connectivity index (χ4n) is 4.04. The molecule has 2 fully saturated rings. The largest absolute Gasteiger partial charge is 0.497 e. The lowest BCUT2D eigenvalue weighted by Crippen LogP contribution is -2.41. The number of methoxy groups -OCH3 is 2. The fraction of sp³-hybridized carbons (Fsp3) is 0.647. The van der Waals surface area contributed by atoms with E-state index in [-0.39, 0.29) is 0 Å². The Labute approximate surface area is 126 Å². The Hall–Kier alpha value is -1.26. The van der Waals surface area contributed by atoms with Crippen LogP contribution in [0.1, 0.15) is 37.4 Å². The molecule has 1 aromatic rings. The first kappa shape index (κ1) is 14.7. The molecule has 4 heteroatoms. The minimum atomic E-state index is -0.480. The number of fused-ring (bicyclic) bond motifs is 2. The van der Waals surface area contributed by atoms with E-state index < -0.39 is 6.10 Å². The van der Waals surface area contributed by atoms with Crippen molar-refractivity contribution in [2.75, 3.05) is 21.3 Å². The Balaban J connectivity index is 1.83. The van der Waals surface area contributed by atoms with Crippen LogP contribution >= 0.6 is 0 Å². The molecule has 0 saturated carbocycles. The maximum absolute atomic E-state index is 10.9. The van der Waals surface area contributed by atoms with Crippen LogP contribution in [0.15, 0.2) is 18.2 Å². The van der Waals surface area contributed by atoms with E-state index in [1.54, 1.807) is 14.2 Å². The van der Waals surface area contributed by atoms with Gasteiger partial charge in [-0.1, -0.05) is 0 Å². The number of ether oxygens (including phenoxy) is 2. The van der Waals surface area contributed by atoms with Crippen molar-refractivity contribution < 1.29 is 14.6 Å². The Morgan fingerprint density at radius 3 is 2.38 bits per heavy atom. The second-order valence-corrected chi connectivity index (χ2v) is 6.33. The first-order chi connectivity index (χ1) is 10.1. The van der Waals surface area contributed by atoms with Crippen molar-refractivity contribution in [2.45, 2.75) is 43.9 Å². The van der Waals surface area contributed by atoms with E-state index in [0.717, 1.165) is 29.9 Å². The van der Waals surface area contributed by atoms with Crippen LogP contribution < -0.4 is 9.47 Å². The zero-order chi connectivity index (χ0) is 15.0. The van der Waals surface area contributed by atoms with E-state index in [9.17, 15) is 5.11 Å². The summed E-state index contributed by atoms with van der Waals surface area (Å²) in [5.74, 6) is 1.81. The standard InChI is InChI=1S/C17H25NO3/c1-18-12-4-5-13(18)9-11(8-12)17(19)15-10-14(20-2)6-7-16(15)21-3/h6-7,10-13,17,19H,4-5,8-9H2,1-3H3. The van der Waals surface area contributed by atoms with Crippen molar-refractivity contribution in [2.24, 2.45) is 5.92 Å². The third-order valence-electron chi connectivity index (χ3n) is 5.34. The summed E-state index contributed by atoms with van der Waals surface area (Å²) in [7, 11) is 5.52. The highest BCUT2D eigenvalue weighted by Gasteiger charge is 2.41. The van der Waals surface area contributed by atoms with Crippen molar-refractivity contribution >= 4 is 0 Å². The molecule has 2 aliphatic heterocycles. The van der Waals surface area contributed by atoms with Crippen LogP contribution in [0, 0.1) is 5.92 Å². The van der Waals surface area contributed by atoms with E-state index in [2.05, 4.69) is 11.9 Å². The average molecular weight is 291 g/mol. The Kier molecular flexibility index (Phi) is 4.09. The van der Waals surface area contributed by atoms with Crippen molar-refractivity contribution in [3.63, 3.8) is 0 Å². The number of hydrogen-bond donors (Lipinski definition) is 1. The molecule has 0 spiro atoms. The fourth-order valence-corrected chi connectivity index (χ4v) is 4.04. The molecule has 116 valence electrons. The van der Waals surface area contributed by atoms with Crippen molar-refractivity contribution in [3.05, 3.63) is 23.8 Å². The molecule has 0 aliphatic carbocycles. The zero-order valence-electron chi connectivity index (χ0n) is 13.1. The number of aliphatic hydroxyl groups excluding tert-OH is 1. The first-order valence-corrected chi connectivity index (χ1v) is 7.76. The molecule has 0 aromatic heterocycles. The highest BCUT2D eigenvalue weighted by atomic mass is 16.5. The Morgan fingerprint density at radius 1 is 1.14 bits per heavy atom. The summed E-state index contributed by atoms with van der Waals surface area (Å²) in [6.45, 7) is 0. The molecule has 1 N–H and O–H groups in total. The zero-order valence-corrected chi connectivity index (χ0v) is 13.1. The molecule has 2 heterocycles. The summed E-state index contributed by atoms with van der Waals surface area (Å²) >= 11 is 0. The Morgan fingerprint density at radius 2 is 1.81 bits per heavy atom. The van der Waals surface area contributed by atoms with E-state index in [0.29, 0.717) is 18.0 Å². The van der Waals surface area contributed by atoms with Crippen LogP contribution in [0.5, 0.6) is 11.5 Å². The van der Waals surface area contributed by atoms with Crippen LogP contribution in [-0.4, -0.2) is 43.4 Å². The lowest BCUT2D eigenvalue weighted by molar-refractivity contribution is 0.0342. The predicted octanol–water partition coefficient (Wildman–Crippen LogP) is 2.61. The van der Waals surface area contributed by atoms with Gasteiger partial charge in [-0.2, -0.15) is 0 Å². The van der Waals surface area contributed by atoms with Gasteiger partial charge in [-0.3, -0.25) is 0 Å². The molecule has 4 nitrogen and oxygen atoms in total. The number of nitrogens with zero attached hydrogens (tertiary/aromatic N) is 1. The minimum absolute atomic E-state index is 0.305. The summed E-state index contributed by atoms with van der Waals surface area (Å²) in [6, 6.07) is 6.90. The number of hydrogen-bond acceptors (Lipinski definition) is 4. The molecule has 2 bridgehead atoms.